The minimum atomic E-state index is -2.86. The van der Waals surface area contributed by atoms with Crippen molar-refractivity contribution in [2.75, 3.05) is 24.3 Å². The topological polar surface area (TPSA) is 76.3 Å². The molecule has 1 aliphatic rings. The van der Waals surface area contributed by atoms with Crippen molar-refractivity contribution in [3.05, 3.63) is 36.0 Å². The molecule has 0 radical (unpaired) electrons. The largest absolute Gasteiger partial charge is 0.398 e. The Balaban J connectivity index is 1.87. The molecule has 0 saturated carbocycles. The van der Waals surface area contributed by atoms with Gasteiger partial charge in [-0.1, -0.05) is 6.07 Å². The maximum Gasteiger partial charge on any atom is 0.151 e. The number of anilines is 1. The van der Waals surface area contributed by atoms with Crippen molar-refractivity contribution in [2.45, 2.75) is 19.0 Å². The zero-order valence-corrected chi connectivity index (χ0v) is 12.8. The summed E-state index contributed by atoms with van der Waals surface area (Å²) in [6.07, 6.45) is 2.46. The van der Waals surface area contributed by atoms with Gasteiger partial charge in [0.25, 0.3) is 0 Å². The lowest BCUT2D eigenvalue weighted by Gasteiger charge is -2.23. The van der Waals surface area contributed by atoms with Crippen molar-refractivity contribution in [3.8, 4) is 0 Å². The average molecular weight is 305 g/mol. The Morgan fingerprint density at radius 3 is 2.90 bits per heavy atom. The Labute approximate surface area is 124 Å². The summed E-state index contributed by atoms with van der Waals surface area (Å²) in [4.78, 5) is 6.53. The van der Waals surface area contributed by atoms with Gasteiger partial charge in [0.2, 0.25) is 0 Å². The molecule has 2 N–H and O–H groups in total. The van der Waals surface area contributed by atoms with Crippen molar-refractivity contribution in [3.63, 3.8) is 0 Å². The van der Waals surface area contributed by atoms with E-state index in [1.165, 1.54) is 0 Å². The fourth-order valence-electron chi connectivity index (χ4n) is 2.90. The molecule has 6 heteroatoms. The van der Waals surface area contributed by atoms with E-state index >= 15 is 0 Å². The number of pyridine rings is 1. The van der Waals surface area contributed by atoms with Crippen LogP contribution in [0.5, 0.6) is 0 Å². The molecule has 1 unspecified atom stereocenters. The lowest BCUT2D eigenvalue weighted by Crippen LogP contribution is -2.32. The van der Waals surface area contributed by atoms with E-state index < -0.39 is 9.84 Å². The maximum absolute atomic E-state index is 11.6. The van der Waals surface area contributed by atoms with Crippen LogP contribution >= 0.6 is 0 Å². The van der Waals surface area contributed by atoms with Gasteiger partial charge in [-0.15, -0.1) is 0 Å². The first kappa shape index (κ1) is 14.3. The van der Waals surface area contributed by atoms with Gasteiger partial charge in [-0.2, -0.15) is 0 Å². The van der Waals surface area contributed by atoms with Crippen LogP contribution in [-0.4, -0.2) is 42.9 Å². The summed E-state index contributed by atoms with van der Waals surface area (Å²) in [5.74, 6) is 0.548. The van der Waals surface area contributed by atoms with Crippen LogP contribution in [0.15, 0.2) is 30.5 Å². The van der Waals surface area contributed by atoms with Crippen molar-refractivity contribution >= 4 is 26.4 Å². The molecule has 1 aromatic carbocycles. The molecule has 0 spiro atoms. The zero-order valence-electron chi connectivity index (χ0n) is 12.0. The fraction of sp³-hybridized carbons (Fsp3) is 0.400. The molecular formula is C15H19N3O2S. The number of sulfone groups is 1. The van der Waals surface area contributed by atoms with Gasteiger partial charge in [-0.3, -0.25) is 9.88 Å². The van der Waals surface area contributed by atoms with Crippen LogP contribution in [0.25, 0.3) is 10.9 Å². The van der Waals surface area contributed by atoms with Crippen molar-refractivity contribution < 1.29 is 8.42 Å². The number of rotatable bonds is 3. The van der Waals surface area contributed by atoms with Gasteiger partial charge < -0.3 is 5.73 Å². The highest BCUT2D eigenvalue weighted by Gasteiger charge is 2.30. The molecule has 1 fully saturated rings. The third-order valence-electron chi connectivity index (χ3n) is 4.14. The summed E-state index contributed by atoms with van der Waals surface area (Å²) < 4.78 is 23.2. The van der Waals surface area contributed by atoms with Gasteiger partial charge in [0, 0.05) is 29.9 Å². The molecule has 2 heterocycles. The molecule has 5 nitrogen and oxygen atoms in total. The molecule has 112 valence electrons. The smallest absolute Gasteiger partial charge is 0.151 e. The van der Waals surface area contributed by atoms with Crippen LogP contribution in [0.4, 0.5) is 5.69 Å². The number of nitrogen functional groups attached to an aromatic ring is 1. The van der Waals surface area contributed by atoms with Crippen molar-refractivity contribution in [1.29, 1.82) is 0 Å². The number of fused-ring (bicyclic) bond motifs is 1. The average Bonchev–Trinajstić information content (AvgIpc) is 2.83. The van der Waals surface area contributed by atoms with E-state index in [1.54, 1.807) is 6.20 Å². The van der Waals surface area contributed by atoms with Crippen LogP contribution in [0.2, 0.25) is 0 Å². The third kappa shape index (κ3) is 2.87. The number of benzene rings is 1. The molecule has 3 rings (SSSR count). The molecule has 1 atom stereocenters. The molecule has 0 aliphatic carbocycles. The molecule has 1 aromatic heterocycles. The first-order valence-electron chi connectivity index (χ1n) is 6.99. The predicted octanol–water partition coefficient (Wildman–Crippen LogP) is 1.44. The van der Waals surface area contributed by atoms with Crippen LogP contribution < -0.4 is 5.73 Å². The molecular weight excluding hydrogens is 286 g/mol. The quantitative estimate of drug-likeness (QED) is 0.868. The summed E-state index contributed by atoms with van der Waals surface area (Å²) in [6.45, 7) is 0.675. The Hall–Kier alpha value is -1.66. The maximum atomic E-state index is 11.6. The van der Waals surface area contributed by atoms with E-state index in [2.05, 4.69) is 9.88 Å². The highest BCUT2D eigenvalue weighted by Crippen LogP contribution is 2.25. The Morgan fingerprint density at radius 1 is 1.38 bits per heavy atom. The number of hydrogen-bond donors (Lipinski definition) is 1. The zero-order chi connectivity index (χ0) is 15.0. The molecule has 0 bridgehead atoms. The monoisotopic (exact) mass is 305 g/mol. The van der Waals surface area contributed by atoms with Gasteiger partial charge >= 0.3 is 0 Å². The first-order valence-corrected chi connectivity index (χ1v) is 8.81. The Kier molecular flexibility index (Phi) is 3.59. The van der Waals surface area contributed by atoms with Crippen LogP contribution in [0.1, 0.15) is 12.0 Å². The summed E-state index contributed by atoms with van der Waals surface area (Å²) in [5.41, 5.74) is 8.67. The number of hydrogen-bond acceptors (Lipinski definition) is 5. The minimum absolute atomic E-state index is 0.0892. The lowest BCUT2D eigenvalue weighted by atomic mass is 10.1. The molecule has 1 aliphatic heterocycles. The molecule has 1 saturated heterocycles. The predicted molar refractivity (Wildman–Crippen MR) is 84.7 cm³/mol. The second-order valence-corrected chi connectivity index (χ2v) is 7.91. The Morgan fingerprint density at radius 2 is 2.19 bits per heavy atom. The first-order chi connectivity index (χ1) is 9.96. The molecule has 2 aromatic rings. The third-order valence-corrected chi connectivity index (χ3v) is 5.89. The van der Waals surface area contributed by atoms with E-state index in [0.717, 1.165) is 16.5 Å². The lowest BCUT2D eigenvalue weighted by molar-refractivity contribution is 0.254. The SMILES string of the molecule is CN(Cc1ccc(N)c2cccnc12)C1CCS(=O)(=O)C1. The highest BCUT2D eigenvalue weighted by atomic mass is 32.2. The second kappa shape index (κ2) is 5.27. The molecule has 21 heavy (non-hydrogen) atoms. The van der Waals surface area contributed by atoms with E-state index in [4.69, 9.17) is 5.73 Å². The number of aromatic nitrogens is 1. The van der Waals surface area contributed by atoms with Gasteiger partial charge in [-0.05, 0) is 37.2 Å². The van der Waals surface area contributed by atoms with Gasteiger partial charge in [0.1, 0.15) is 0 Å². The van der Waals surface area contributed by atoms with Crippen molar-refractivity contribution in [1.82, 2.24) is 9.88 Å². The summed E-state index contributed by atoms with van der Waals surface area (Å²) in [5, 5.41) is 0.947. The van der Waals surface area contributed by atoms with Crippen LogP contribution in [-0.2, 0) is 16.4 Å². The Bertz CT molecular complexity index is 774. The minimum Gasteiger partial charge on any atom is -0.398 e. The van der Waals surface area contributed by atoms with E-state index in [1.807, 2.05) is 31.3 Å². The highest BCUT2D eigenvalue weighted by molar-refractivity contribution is 7.91. The van der Waals surface area contributed by atoms with Crippen molar-refractivity contribution in [2.24, 2.45) is 0 Å². The van der Waals surface area contributed by atoms with E-state index in [9.17, 15) is 8.42 Å². The van der Waals surface area contributed by atoms with E-state index in [-0.39, 0.29) is 11.8 Å². The summed E-state index contributed by atoms with van der Waals surface area (Å²) in [6, 6.07) is 7.78. The fourth-order valence-corrected chi connectivity index (χ4v) is 4.71. The number of nitrogens with zero attached hydrogens (tertiary/aromatic N) is 2. The van der Waals surface area contributed by atoms with Crippen LogP contribution in [0, 0.1) is 0 Å². The van der Waals surface area contributed by atoms with Gasteiger partial charge in [0.15, 0.2) is 9.84 Å². The second-order valence-electron chi connectivity index (χ2n) is 5.69. The van der Waals surface area contributed by atoms with E-state index in [0.29, 0.717) is 24.4 Å². The summed E-state index contributed by atoms with van der Waals surface area (Å²) >= 11 is 0. The normalized spacial score (nSPS) is 21.1. The standard InChI is InChI=1S/C15H19N3O2S/c1-18(12-6-8-21(19,20)10-12)9-11-4-5-14(16)13-3-2-7-17-15(11)13/h2-5,7,12H,6,8-10,16H2,1H3. The molecule has 0 amide bonds. The van der Waals surface area contributed by atoms with Gasteiger partial charge in [0.05, 0.1) is 17.0 Å². The van der Waals surface area contributed by atoms with Gasteiger partial charge in [-0.25, -0.2) is 8.42 Å². The number of nitrogens with two attached hydrogens (primary N) is 1. The van der Waals surface area contributed by atoms with Crippen LogP contribution in [0.3, 0.4) is 0 Å². The summed E-state index contributed by atoms with van der Waals surface area (Å²) in [7, 11) is -0.890.